The number of phenolic OH excluding ortho intramolecular Hbond substituents is 2. The van der Waals surface area contributed by atoms with Crippen LogP contribution in [0.15, 0.2) is 42.5 Å². The lowest BCUT2D eigenvalue weighted by Crippen LogP contribution is -2.29. The Morgan fingerprint density at radius 2 is 1.42 bits per heavy atom. The summed E-state index contributed by atoms with van der Waals surface area (Å²) in [6, 6.07) is 13.6. The maximum atomic E-state index is 10.8. The summed E-state index contributed by atoms with van der Waals surface area (Å²) in [5, 5.41) is 24.2. The zero-order valence-corrected chi connectivity index (χ0v) is 14.9. The van der Waals surface area contributed by atoms with E-state index in [2.05, 4.69) is 39.8 Å². The Morgan fingerprint density at radius 1 is 0.875 bits per heavy atom. The SMILES string of the molecule is CCC(C)C(C)(CC)c1ccc2c(O)c3ccccc3c(O)c2c1. The highest BCUT2D eigenvalue weighted by molar-refractivity contribution is 6.10. The van der Waals surface area contributed by atoms with E-state index in [1.54, 1.807) is 0 Å². The topological polar surface area (TPSA) is 40.5 Å². The Bertz CT molecular complexity index is 897. The van der Waals surface area contributed by atoms with Gasteiger partial charge >= 0.3 is 0 Å². The molecule has 2 atom stereocenters. The molecule has 0 heterocycles. The van der Waals surface area contributed by atoms with Gasteiger partial charge in [-0.05, 0) is 29.4 Å². The quantitative estimate of drug-likeness (QED) is 0.449. The average Bonchev–Trinajstić information content (AvgIpc) is 2.64. The molecule has 2 heteroatoms. The molecule has 2 nitrogen and oxygen atoms in total. The Kier molecular flexibility index (Phi) is 4.16. The zero-order valence-electron chi connectivity index (χ0n) is 14.9. The number of rotatable bonds is 4. The van der Waals surface area contributed by atoms with Gasteiger partial charge < -0.3 is 10.2 Å². The van der Waals surface area contributed by atoms with Crippen LogP contribution in [-0.4, -0.2) is 10.2 Å². The highest BCUT2D eigenvalue weighted by atomic mass is 16.3. The first-order valence-corrected chi connectivity index (χ1v) is 8.80. The van der Waals surface area contributed by atoms with Gasteiger partial charge in [0.15, 0.2) is 0 Å². The van der Waals surface area contributed by atoms with Gasteiger partial charge in [0.05, 0.1) is 0 Å². The summed E-state index contributed by atoms with van der Waals surface area (Å²) in [7, 11) is 0. The summed E-state index contributed by atoms with van der Waals surface area (Å²) in [5.74, 6) is 1.03. The highest BCUT2D eigenvalue weighted by Gasteiger charge is 2.30. The van der Waals surface area contributed by atoms with Crippen LogP contribution in [0.25, 0.3) is 21.5 Å². The summed E-state index contributed by atoms with van der Waals surface area (Å²) >= 11 is 0. The molecule has 3 aromatic carbocycles. The monoisotopic (exact) mass is 322 g/mol. The molecule has 0 amide bonds. The van der Waals surface area contributed by atoms with E-state index in [0.717, 1.165) is 18.2 Å². The lowest BCUT2D eigenvalue weighted by atomic mass is 9.69. The summed E-state index contributed by atoms with van der Waals surface area (Å²) in [5.41, 5.74) is 1.27. The molecule has 2 unspecified atom stereocenters. The molecule has 0 bridgehead atoms. The second-order valence-corrected chi connectivity index (χ2v) is 7.08. The second-order valence-electron chi connectivity index (χ2n) is 7.08. The fourth-order valence-corrected chi connectivity index (χ4v) is 3.78. The number of aromatic hydroxyl groups is 2. The molecule has 126 valence electrons. The van der Waals surface area contributed by atoms with Crippen molar-refractivity contribution in [3.8, 4) is 11.5 Å². The van der Waals surface area contributed by atoms with Gasteiger partial charge in [-0.3, -0.25) is 0 Å². The van der Waals surface area contributed by atoms with Gasteiger partial charge in [0, 0.05) is 21.5 Å². The molecule has 0 saturated carbocycles. The van der Waals surface area contributed by atoms with Crippen molar-refractivity contribution in [2.24, 2.45) is 5.92 Å². The predicted molar refractivity (Wildman–Crippen MR) is 102 cm³/mol. The van der Waals surface area contributed by atoms with Crippen LogP contribution in [0.2, 0.25) is 0 Å². The fraction of sp³-hybridized carbons (Fsp3) is 0.364. The molecule has 0 fully saturated rings. The van der Waals surface area contributed by atoms with Crippen LogP contribution in [0.1, 0.15) is 46.1 Å². The van der Waals surface area contributed by atoms with E-state index in [-0.39, 0.29) is 16.9 Å². The maximum Gasteiger partial charge on any atom is 0.131 e. The summed E-state index contributed by atoms with van der Waals surface area (Å²) in [6.07, 6.45) is 2.14. The Hall–Kier alpha value is -2.22. The maximum absolute atomic E-state index is 10.8. The molecule has 3 rings (SSSR count). The van der Waals surface area contributed by atoms with Crippen LogP contribution in [0.3, 0.4) is 0 Å². The van der Waals surface area contributed by atoms with Crippen molar-refractivity contribution in [3.63, 3.8) is 0 Å². The molecule has 0 radical (unpaired) electrons. The third-order valence-electron chi connectivity index (χ3n) is 6.06. The van der Waals surface area contributed by atoms with Gasteiger partial charge in [-0.15, -0.1) is 0 Å². The second kappa shape index (κ2) is 6.01. The van der Waals surface area contributed by atoms with E-state index in [0.29, 0.717) is 22.1 Å². The van der Waals surface area contributed by atoms with E-state index < -0.39 is 0 Å². The van der Waals surface area contributed by atoms with Crippen LogP contribution in [-0.2, 0) is 5.41 Å². The first kappa shape index (κ1) is 16.6. The van der Waals surface area contributed by atoms with Gasteiger partial charge in [0.2, 0.25) is 0 Å². The minimum absolute atomic E-state index is 0.0522. The molecular weight excluding hydrogens is 296 g/mol. The number of hydrogen-bond donors (Lipinski definition) is 2. The fourth-order valence-electron chi connectivity index (χ4n) is 3.78. The van der Waals surface area contributed by atoms with Gasteiger partial charge in [-0.1, -0.05) is 70.5 Å². The van der Waals surface area contributed by atoms with Crippen molar-refractivity contribution < 1.29 is 10.2 Å². The largest absolute Gasteiger partial charge is 0.507 e. The predicted octanol–water partition coefficient (Wildman–Crippen LogP) is 6.12. The first-order valence-electron chi connectivity index (χ1n) is 8.80. The molecule has 0 aliphatic carbocycles. The molecular formula is C22H26O2. The van der Waals surface area contributed by atoms with Crippen molar-refractivity contribution in [1.82, 2.24) is 0 Å². The molecule has 0 aromatic heterocycles. The Balaban J connectivity index is 2.33. The van der Waals surface area contributed by atoms with Crippen molar-refractivity contribution in [3.05, 3.63) is 48.0 Å². The third kappa shape index (κ3) is 2.32. The normalized spacial score (nSPS) is 15.5. The Labute approximate surface area is 143 Å². The van der Waals surface area contributed by atoms with E-state index in [1.807, 2.05) is 30.3 Å². The van der Waals surface area contributed by atoms with Crippen LogP contribution in [0.4, 0.5) is 0 Å². The molecule has 0 aliphatic rings. The van der Waals surface area contributed by atoms with E-state index in [1.165, 1.54) is 5.56 Å². The van der Waals surface area contributed by atoms with Crippen molar-refractivity contribution in [2.45, 2.75) is 46.0 Å². The molecule has 0 saturated heterocycles. The number of benzene rings is 3. The van der Waals surface area contributed by atoms with Gasteiger partial charge in [0.1, 0.15) is 11.5 Å². The first-order chi connectivity index (χ1) is 11.4. The lowest BCUT2D eigenvalue weighted by molar-refractivity contribution is 0.295. The van der Waals surface area contributed by atoms with Crippen molar-refractivity contribution in [1.29, 1.82) is 0 Å². The molecule has 24 heavy (non-hydrogen) atoms. The zero-order chi connectivity index (χ0) is 17.5. The molecule has 0 spiro atoms. The van der Waals surface area contributed by atoms with Crippen LogP contribution in [0.5, 0.6) is 11.5 Å². The Morgan fingerprint density at radius 3 is 1.96 bits per heavy atom. The van der Waals surface area contributed by atoms with Gasteiger partial charge in [0.25, 0.3) is 0 Å². The van der Waals surface area contributed by atoms with Crippen LogP contribution < -0.4 is 0 Å². The minimum Gasteiger partial charge on any atom is -0.507 e. The molecule has 2 N–H and O–H groups in total. The van der Waals surface area contributed by atoms with Crippen LogP contribution >= 0.6 is 0 Å². The van der Waals surface area contributed by atoms with E-state index in [9.17, 15) is 10.2 Å². The number of phenols is 2. The van der Waals surface area contributed by atoms with E-state index in [4.69, 9.17) is 0 Å². The summed E-state index contributed by atoms with van der Waals surface area (Å²) in [6.45, 7) is 9.01. The van der Waals surface area contributed by atoms with Crippen molar-refractivity contribution >= 4 is 21.5 Å². The number of fused-ring (bicyclic) bond motifs is 2. The lowest BCUT2D eigenvalue weighted by Gasteiger charge is -2.35. The average molecular weight is 322 g/mol. The third-order valence-corrected chi connectivity index (χ3v) is 6.06. The minimum atomic E-state index is 0.0522. The smallest absolute Gasteiger partial charge is 0.131 e. The standard InChI is InChI=1S/C22H26O2/c1-5-14(3)22(4,6-2)15-11-12-18-19(13-15)21(24)17-10-8-7-9-16(17)20(18)23/h7-14,23-24H,5-6H2,1-4H3. The van der Waals surface area contributed by atoms with Gasteiger partial charge in [-0.2, -0.15) is 0 Å². The summed E-state index contributed by atoms with van der Waals surface area (Å²) < 4.78 is 0. The van der Waals surface area contributed by atoms with Crippen LogP contribution in [0, 0.1) is 5.92 Å². The summed E-state index contributed by atoms with van der Waals surface area (Å²) in [4.78, 5) is 0. The van der Waals surface area contributed by atoms with E-state index >= 15 is 0 Å². The molecule has 0 aliphatic heterocycles. The highest BCUT2D eigenvalue weighted by Crippen LogP contribution is 2.44. The molecule has 3 aromatic rings. The number of hydrogen-bond acceptors (Lipinski definition) is 2. The van der Waals surface area contributed by atoms with Crippen molar-refractivity contribution in [2.75, 3.05) is 0 Å². The van der Waals surface area contributed by atoms with Gasteiger partial charge in [-0.25, -0.2) is 0 Å².